The van der Waals surface area contributed by atoms with Crippen molar-refractivity contribution in [1.29, 1.82) is 0 Å². The fourth-order valence-corrected chi connectivity index (χ4v) is 5.87. The molecule has 1 atom stereocenters. The third-order valence-corrected chi connectivity index (χ3v) is 6.33. The smallest absolute Gasteiger partial charge is 0.243 e. The third kappa shape index (κ3) is 5.21. The molecule has 120 valence electrons. The zero-order chi connectivity index (χ0) is 16.4. The van der Waals surface area contributed by atoms with E-state index in [1.54, 1.807) is 12.1 Å². The van der Waals surface area contributed by atoms with Crippen LogP contribution in [0.2, 0.25) is 0 Å². The van der Waals surface area contributed by atoms with E-state index in [1.165, 1.54) is 0 Å². The Kier molecular flexibility index (Phi) is 6.67. The quantitative estimate of drug-likeness (QED) is 0.664. The van der Waals surface area contributed by atoms with Crippen molar-refractivity contribution in [2.24, 2.45) is 5.92 Å². The van der Waals surface area contributed by atoms with Gasteiger partial charge < -0.3 is 10.6 Å². The molecular weight excluding hydrogens is 422 g/mol. The van der Waals surface area contributed by atoms with Gasteiger partial charge in [-0.15, -0.1) is 0 Å². The zero-order valence-electron chi connectivity index (χ0n) is 12.5. The number of nitrogen functional groups attached to an aromatic ring is 1. The van der Waals surface area contributed by atoms with Crippen LogP contribution in [0.1, 0.15) is 13.8 Å². The molecule has 1 unspecified atom stereocenters. The van der Waals surface area contributed by atoms with E-state index in [4.69, 9.17) is 5.73 Å². The molecule has 0 radical (unpaired) electrons. The zero-order valence-corrected chi connectivity index (χ0v) is 16.5. The van der Waals surface area contributed by atoms with E-state index in [1.807, 2.05) is 32.8 Å². The Morgan fingerprint density at radius 1 is 1.24 bits per heavy atom. The number of sulfonamides is 1. The Hall–Kier alpha value is -0.150. The van der Waals surface area contributed by atoms with Gasteiger partial charge in [0.2, 0.25) is 10.0 Å². The molecule has 1 aromatic rings. The molecule has 0 fully saturated rings. The van der Waals surface area contributed by atoms with Crippen molar-refractivity contribution in [2.45, 2.75) is 24.8 Å². The first-order valence-corrected chi connectivity index (χ1v) is 9.53. The van der Waals surface area contributed by atoms with E-state index in [9.17, 15) is 8.42 Å². The van der Waals surface area contributed by atoms with Gasteiger partial charge in [-0.25, -0.2) is 13.1 Å². The monoisotopic (exact) mass is 441 g/mol. The second-order valence-electron chi connectivity index (χ2n) is 5.55. The van der Waals surface area contributed by atoms with Crippen LogP contribution in [0.15, 0.2) is 26.0 Å². The topological polar surface area (TPSA) is 75.4 Å². The van der Waals surface area contributed by atoms with Crippen molar-refractivity contribution in [1.82, 2.24) is 9.62 Å². The lowest BCUT2D eigenvalue weighted by Gasteiger charge is -2.26. The van der Waals surface area contributed by atoms with Crippen molar-refractivity contribution in [3.05, 3.63) is 21.1 Å². The maximum absolute atomic E-state index is 12.7. The molecule has 0 aliphatic rings. The van der Waals surface area contributed by atoms with Gasteiger partial charge in [0.1, 0.15) is 4.90 Å². The number of rotatable bonds is 6. The van der Waals surface area contributed by atoms with E-state index in [-0.39, 0.29) is 16.9 Å². The Bertz CT molecular complexity index is 580. The highest BCUT2D eigenvalue weighted by Crippen LogP contribution is 2.32. The van der Waals surface area contributed by atoms with Gasteiger partial charge in [0, 0.05) is 27.2 Å². The second kappa shape index (κ2) is 7.41. The van der Waals surface area contributed by atoms with E-state index >= 15 is 0 Å². The summed E-state index contributed by atoms with van der Waals surface area (Å²) in [6.07, 6.45) is 0. The van der Waals surface area contributed by atoms with Gasteiger partial charge in [-0.2, -0.15) is 0 Å². The first-order valence-electron chi connectivity index (χ1n) is 6.46. The van der Waals surface area contributed by atoms with Crippen LogP contribution in [0.5, 0.6) is 0 Å². The number of nitrogens with zero attached hydrogens (tertiary/aromatic N) is 1. The lowest BCUT2D eigenvalue weighted by Crippen LogP contribution is -2.45. The largest absolute Gasteiger partial charge is 0.399 e. The molecule has 1 rings (SSSR count). The molecule has 21 heavy (non-hydrogen) atoms. The molecule has 0 heterocycles. The fraction of sp³-hybridized carbons (Fsp3) is 0.538. The number of hydrogen-bond donors (Lipinski definition) is 2. The molecule has 0 aromatic heterocycles. The van der Waals surface area contributed by atoms with Crippen LogP contribution in [0, 0.1) is 5.92 Å². The summed E-state index contributed by atoms with van der Waals surface area (Å²) in [5.74, 6) is 0.175. The maximum Gasteiger partial charge on any atom is 0.243 e. The summed E-state index contributed by atoms with van der Waals surface area (Å²) in [6.45, 7) is 4.61. The minimum Gasteiger partial charge on any atom is -0.399 e. The minimum atomic E-state index is -3.65. The normalized spacial score (nSPS) is 13.9. The molecule has 0 spiro atoms. The van der Waals surface area contributed by atoms with Crippen LogP contribution < -0.4 is 10.5 Å². The lowest BCUT2D eigenvalue weighted by molar-refractivity contribution is 0.314. The van der Waals surface area contributed by atoms with Crippen molar-refractivity contribution in [2.75, 3.05) is 26.4 Å². The van der Waals surface area contributed by atoms with Crippen LogP contribution in [-0.4, -0.2) is 40.0 Å². The highest BCUT2D eigenvalue weighted by molar-refractivity contribution is 9.11. The van der Waals surface area contributed by atoms with Gasteiger partial charge in [-0.1, -0.05) is 13.8 Å². The number of benzene rings is 1. The van der Waals surface area contributed by atoms with E-state index in [2.05, 4.69) is 36.6 Å². The van der Waals surface area contributed by atoms with Crippen LogP contribution >= 0.6 is 31.9 Å². The molecule has 3 N–H and O–H groups in total. The average molecular weight is 443 g/mol. The lowest BCUT2D eigenvalue weighted by atomic mass is 10.1. The van der Waals surface area contributed by atoms with Crippen LogP contribution in [0.4, 0.5) is 5.69 Å². The molecule has 0 aliphatic carbocycles. The number of nitrogens with two attached hydrogens (primary N) is 1. The number of likely N-dealkylation sites (N-methyl/N-ethyl adjacent to an activating group) is 1. The van der Waals surface area contributed by atoms with Gasteiger partial charge in [-0.05, 0) is 64.0 Å². The Morgan fingerprint density at radius 3 is 2.10 bits per heavy atom. The van der Waals surface area contributed by atoms with Crippen molar-refractivity contribution in [3.63, 3.8) is 0 Å². The third-order valence-electron chi connectivity index (χ3n) is 2.96. The SMILES string of the molecule is CC(C)C(CN(C)C)NS(=O)(=O)c1c(Br)cc(N)cc1Br. The van der Waals surface area contributed by atoms with E-state index < -0.39 is 10.0 Å². The molecule has 0 saturated heterocycles. The summed E-state index contributed by atoms with van der Waals surface area (Å²) < 4.78 is 29.0. The molecule has 0 bridgehead atoms. The summed E-state index contributed by atoms with van der Waals surface area (Å²) in [7, 11) is 0.177. The summed E-state index contributed by atoms with van der Waals surface area (Å²) in [6, 6.07) is 2.98. The van der Waals surface area contributed by atoms with Crippen molar-refractivity contribution < 1.29 is 8.42 Å². The first-order chi connectivity index (χ1) is 9.54. The molecule has 1 aromatic carbocycles. The van der Waals surface area contributed by atoms with E-state index in [0.717, 1.165) is 0 Å². The number of anilines is 1. The molecule has 8 heteroatoms. The summed E-state index contributed by atoms with van der Waals surface area (Å²) >= 11 is 6.54. The highest BCUT2D eigenvalue weighted by atomic mass is 79.9. The number of hydrogen-bond acceptors (Lipinski definition) is 4. The van der Waals surface area contributed by atoms with Crippen molar-refractivity contribution >= 4 is 47.6 Å². The summed E-state index contributed by atoms with van der Waals surface area (Å²) in [5.41, 5.74) is 6.19. The second-order valence-corrected chi connectivity index (χ2v) is 8.91. The van der Waals surface area contributed by atoms with Crippen LogP contribution in [-0.2, 0) is 10.0 Å². The summed E-state index contributed by atoms with van der Waals surface area (Å²) in [4.78, 5) is 2.13. The standard InChI is InChI=1S/C13H21Br2N3O2S/c1-8(2)12(7-18(3)4)17-21(19,20)13-10(14)5-9(16)6-11(13)15/h5-6,8,12,17H,7,16H2,1-4H3. The van der Waals surface area contributed by atoms with Gasteiger partial charge >= 0.3 is 0 Å². The number of halogens is 2. The molecule has 0 amide bonds. The van der Waals surface area contributed by atoms with Crippen LogP contribution in [0.3, 0.4) is 0 Å². The first kappa shape index (κ1) is 18.9. The van der Waals surface area contributed by atoms with Gasteiger partial charge in [-0.3, -0.25) is 0 Å². The predicted octanol–water partition coefficient (Wildman–Crippen LogP) is 2.66. The predicted molar refractivity (Wildman–Crippen MR) is 93.8 cm³/mol. The van der Waals surface area contributed by atoms with Crippen molar-refractivity contribution in [3.8, 4) is 0 Å². The Labute approximate surface area is 143 Å². The fourth-order valence-electron chi connectivity index (χ4n) is 1.87. The molecular formula is C13H21Br2N3O2S. The van der Waals surface area contributed by atoms with Crippen LogP contribution in [0.25, 0.3) is 0 Å². The van der Waals surface area contributed by atoms with Gasteiger partial charge in [0.15, 0.2) is 0 Å². The maximum atomic E-state index is 12.7. The average Bonchev–Trinajstić information content (AvgIpc) is 2.24. The van der Waals surface area contributed by atoms with Gasteiger partial charge in [0.25, 0.3) is 0 Å². The minimum absolute atomic E-state index is 0.168. The van der Waals surface area contributed by atoms with Gasteiger partial charge in [0.05, 0.1) is 0 Å². The molecule has 0 aliphatic heterocycles. The highest BCUT2D eigenvalue weighted by Gasteiger charge is 2.27. The Balaban J connectivity index is 3.17. The van der Waals surface area contributed by atoms with E-state index in [0.29, 0.717) is 21.2 Å². The molecule has 0 saturated carbocycles. The Morgan fingerprint density at radius 2 is 1.71 bits per heavy atom. The summed E-state index contributed by atoms with van der Waals surface area (Å²) in [5, 5.41) is 0. The number of nitrogens with one attached hydrogen (secondary N) is 1. The molecule has 5 nitrogen and oxygen atoms in total.